The molecular weight excluding hydrogens is 442 g/mol. The maximum absolute atomic E-state index is 12.1. The van der Waals surface area contributed by atoms with Gasteiger partial charge in [0.05, 0.1) is 22.5 Å². The molecule has 2 aromatic heterocycles. The highest BCUT2D eigenvalue weighted by Gasteiger charge is 2.11. The van der Waals surface area contributed by atoms with Crippen molar-refractivity contribution in [2.45, 2.75) is 38.6 Å². The number of ether oxygens (including phenoxy) is 1. The lowest BCUT2D eigenvalue weighted by Gasteiger charge is -2.12. The predicted octanol–water partition coefficient (Wildman–Crippen LogP) is 6.05. The van der Waals surface area contributed by atoms with Gasteiger partial charge in [0.1, 0.15) is 11.6 Å². The van der Waals surface area contributed by atoms with E-state index in [2.05, 4.69) is 40.7 Å². The van der Waals surface area contributed by atoms with Gasteiger partial charge in [-0.25, -0.2) is 4.98 Å². The third-order valence-electron chi connectivity index (χ3n) is 5.71. The number of nitrogens with one attached hydrogen (secondary N) is 1. The summed E-state index contributed by atoms with van der Waals surface area (Å²) < 4.78 is 8.37. The van der Waals surface area contributed by atoms with Gasteiger partial charge in [-0.3, -0.25) is 4.79 Å². The van der Waals surface area contributed by atoms with Crippen LogP contribution in [-0.2, 0) is 19.4 Å². The third kappa shape index (κ3) is 6.14. The second-order valence-corrected chi connectivity index (χ2v) is 9.11. The monoisotopic (exact) mass is 473 g/mol. The van der Waals surface area contributed by atoms with E-state index in [1.807, 2.05) is 47.9 Å². The minimum absolute atomic E-state index is 0.00170. The molecule has 0 aliphatic carbocycles. The Labute approximate surface area is 205 Å². The number of unbranched alkanes of at least 4 members (excludes halogenated alkanes) is 1. The number of benzene rings is 2. The van der Waals surface area contributed by atoms with E-state index in [0.717, 1.165) is 66.1 Å². The van der Waals surface area contributed by atoms with Gasteiger partial charge < -0.3 is 14.6 Å². The second kappa shape index (κ2) is 12.2. The molecule has 0 radical (unpaired) electrons. The number of amides is 1. The van der Waals surface area contributed by atoms with Crippen molar-refractivity contribution in [3.05, 3.63) is 95.0 Å². The number of hydrogen-bond donors (Lipinski definition) is 1. The molecule has 0 unspecified atom stereocenters. The molecule has 2 aromatic carbocycles. The molecular formula is C28H31N3O2S. The Morgan fingerprint density at radius 2 is 1.91 bits per heavy atom. The summed E-state index contributed by atoms with van der Waals surface area (Å²) in [5.41, 5.74) is 3.36. The van der Waals surface area contributed by atoms with E-state index in [4.69, 9.17) is 9.72 Å². The first-order valence-electron chi connectivity index (χ1n) is 11.8. The molecule has 0 aliphatic rings. The maximum Gasteiger partial charge on any atom is 0.261 e. The zero-order chi connectivity index (χ0) is 23.6. The molecule has 5 nitrogen and oxygen atoms in total. The van der Waals surface area contributed by atoms with Crippen molar-refractivity contribution >= 4 is 28.3 Å². The summed E-state index contributed by atoms with van der Waals surface area (Å²) in [4.78, 5) is 17.8. The van der Waals surface area contributed by atoms with E-state index in [-0.39, 0.29) is 5.91 Å². The number of aryl methyl sites for hydroxylation is 2. The number of aromatic nitrogens is 2. The zero-order valence-corrected chi connectivity index (χ0v) is 20.2. The number of carbonyl (C=O) groups is 1. The summed E-state index contributed by atoms with van der Waals surface area (Å²) in [6.07, 6.45) is 6.36. The SMILES string of the molecule is C=CCc1ccccc1OCCCCn1c(CCCNC(=O)c2cccs2)nc2ccccc21. The Morgan fingerprint density at radius 1 is 1.06 bits per heavy atom. The quantitative estimate of drug-likeness (QED) is 0.190. The molecule has 0 spiro atoms. The van der Waals surface area contributed by atoms with Gasteiger partial charge >= 0.3 is 0 Å². The van der Waals surface area contributed by atoms with Crippen LogP contribution in [0.2, 0.25) is 0 Å². The van der Waals surface area contributed by atoms with E-state index in [1.54, 1.807) is 0 Å². The lowest BCUT2D eigenvalue weighted by atomic mass is 10.1. The Morgan fingerprint density at radius 3 is 2.76 bits per heavy atom. The van der Waals surface area contributed by atoms with E-state index >= 15 is 0 Å². The van der Waals surface area contributed by atoms with Crippen LogP contribution in [0.3, 0.4) is 0 Å². The van der Waals surface area contributed by atoms with Crippen molar-refractivity contribution < 1.29 is 9.53 Å². The first-order chi connectivity index (χ1) is 16.8. The minimum atomic E-state index is -0.00170. The fourth-order valence-corrected chi connectivity index (χ4v) is 4.67. The highest BCUT2D eigenvalue weighted by atomic mass is 32.1. The van der Waals surface area contributed by atoms with E-state index < -0.39 is 0 Å². The molecule has 1 amide bonds. The molecule has 2 heterocycles. The van der Waals surface area contributed by atoms with Crippen LogP contribution in [0.1, 0.15) is 40.3 Å². The number of thiophene rings is 1. The number of hydrogen-bond acceptors (Lipinski definition) is 4. The van der Waals surface area contributed by atoms with Crippen molar-refractivity contribution in [2.24, 2.45) is 0 Å². The van der Waals surface area contributed by atoms with E-state index in [0.29, 0.717) is 13.2 Å². The summed E-state index contributed by atoms with van der Waals surface area (Å²) in [5.74, 6) is 2.02. The van der Waals surface area contributed by atoms with Crippen LogP contribution >= 0.6 is 11.3 Å². The molecule has 0 atom stereocenters. The third-order valence-corrected chi connectivity index (χ3v) is 6.58. The second-order valence-electron chi connectivity index (χ2n) is 8.16. The van der Waals surface area contributed by atoms with Crippen molar-refractivity contribution in [3.8, 4) is 5.75 Å². The summed E-state index contributed by atoms with van der Waals surface area (Å²) in [6.45, 7) is 6.05. The molecule has 0 saturated heterocycles. The van der Waals surface area contributed by atoms with Gasteiger partial charge in [0, 0.05) is 19.5 Å². The first kappa shape index (κ1) is 23.8. The highest BCUT2D eigenvalue weighted by Crippen LogP contribution is 2.20. The van der Waals surface area contributed by atoms with Crippen LogP contribution in [0.15, 0.2) is 78.7 Å². The lowest BCUT2D eigenvalue weighted by molar-refractivity contribution is 0.0957. The summed E-state index contributed by atoms with van der Waals surface area (Å²) in [7, 11) is 0. The molecule has 1 N–H and O–H groups in total. The van der Waals surface area contributed by atoms with Gasteiger partial charge in [-0.2, -0.15) is 0 Å². The molecule has 0 bridgehead atoms. The number of para-hydroxylation sites is 3. The normalized spacial score (nSPS) is 10.9. The van der Waals surface area contributed by atoms with Crippen molar-refractivity contribution in [2.75, 3.05) is 13.2 Å². The highest BCUT2D eigenvalue weighted by molar-refractivity contribution is 7.12. The summed E-state index contributed by atoms with van der Waals surface area (Å²) >= 11 is 1.46. The standard InChI is InChI=1S/C28H31N3O2S/c1-2-11-22-12-3-6-15-25(22)33-20-8-7-19-31-24-14-5-4-13-23(24)30-27(31)17-9-18-29-28(32)26-16-10-21-34-26/h2-6,10,12-16,21H,1,7-9,11,17-20H2,(H,29,32). The fraction of sp³-hybridized carbons (Fsp3) is 0.286. The first-order valence-corrected chi connectivity index (χ1v) is 12.7. The van der Waals surface area contributed by atoms with Crippen LogP contribution in [0, 0.1) is 0 Å². The molecule has 0 saturated carbocycles. The van der Waals surface area contributed by atoms with Gasteiger partial charge in [0.2, 0.25) is 0 Å². The van der Waals surface area contributed by atoms with Gasteiger partial charge in [0.25, 0.3) is 5.91 Å². The number of allylic oxidation sites excluding steroid dienone is 1. The number of rotatable bonds is 13. The maximum atomic E-state index is 12.1. The Hall–Kier alpha value is -3.38. The molecule has 0 aliphatic heterocycles. The van der Waals surface area contributed by atoms with Crippen LogP contribution in [0.5, 0.6) is 5.75 Å². The molecule has 176 valence electrons. The topological polar surface area (TPSA) is 56.1 Å². The summed E-state index contributed by atoms with van der Waals surface area (Å²) in [5, 5.41) is 4.93. The number of nitrogens with zero attached hydrogens (tertiary/aromatic N) is 2. The van der Waals surface area contributed by atoms with Crippen LogP contribution in [0.4, 0.5) is 0 Å². The number of imidazole rings is 1. The van der Waals surface area contributed by atoms with Crippen LogP contribution < -0.4 is 10.1 Å². The summed E-state index contributed by atoms with van der Waals surface area (Å²) in [6, 6.07) is 20.2. The van der Waals surface area contributed by atoms with Crippen LogP contribution in [0.25, 0.3) is 11.0 Å². The molecule has 4 aromatic rings. The molecule has 4 rings (SSSR count). The average Bonchev–Trinajstić information content (AvgIpc) is 3.51. The largest absolute Gasteiger partial charge is 0.493 e. The van der Waals surface area contributed by atoms with Crippen molar-refractivity contribution in [3.63, 3.8) is 0 Å². The average molecular weight is 474 g/mol. The van der Waals surface area contributed by atoms with Crippen molar-refractivity contribution in [1.82, 2.24) is 14.9 Å². The molecule has 6 heteroatoms. The van der Waals surface area contributed by atoms with Gasteiger partial charge in [0.15, 0.2) is 0 Å². The Kier molecular flexibility index (Phi) is 8.52. The van der Waals surface area contributed by atoms with Gasteiger partial charge in [-0.1, -0.05) is 42.5 Å². The van der Waals surface area contributed by atoms with Crippen molar-refractivity contribution in [1.29, 1.82) is 0 Å². The van der Waals surface area contributed by atoms with Crippen LogP contribution in [-0.4, -0.2) is 28.6 Å². The minimum Gasteiger partial charge on any atom is -0.493 e. The van der Waals surface area contributed by atoms with Gasteiger partial charge in [-0.15, -0.1) is 17.9 Å². The predicted molar refractivity (Wildman–Crippen MR) is 140 cm³/mol. The molecule has 34 heavy (non-hydrogen) atoms. The Balaban J connectivity index is 1.29. The van der Waals surface area contributed by atoms with E-state index in [9.17, 15) is 4.79 Å². The fourth-order valence-electron chi connectivity index (χ4n) is 4.03. The number of carbonyl (C=O) groups excluding carboxylic acids is 1. The lowest BCUT2D eigenvalue weighted by Crippen LogP contribution is -2.24. The smallest absolute Gasteiger partial charge is 0.261 e. The van der Waals surface area contributed by atoms with Gasteiger partial charge in [-0.05, 0) is 60.9 Å². The molecule has 0 fully saturated rings. The number of fused-ring (bicyclic) bond motifs is 1. The Bertz CT molecular complexity index is 1210. The zero-order valence-electron chi connectivity index (χ0n) is 19.4. The van der Waals surface area contributed by atoms with E-state index in [1.165, 1.54) is 16.9 Å².